The van der Waals surface area contributed by atoms with E-state index >= 15 is 0 Å². The third-order valence-electron chi connectivity index (χ3n) is 5.42. The van der Waals surface area contributed by atoms with Crippen LogP contribution in [0, 0.1) is 6.92 Å². The summed E-state index contributed by atoms with van der Waals surface area (Å²) in [6, 6.07) is 7.59. The maximum absolute atomic E-state index is 13.1. The fraction of sp³-hybridized carbons (Fsp3) is 0.381. The number of nitrogens with zero attached hydrogens (tertiary/aromatic N) is 3. The lowest BCUT2D eigenvalue weighted by atomic mass is 10.0. The monoisotopic (exact) mass is 349 g/mol. The highest BCUT2D eigenvalue weighted by atomic mass is 16.2. The van der Waals surface area contributed by atoms with Gasteiger partial charge in [-0.15, -0.1) is 0 Å². The summed E-state index contributed by atoms with van der Waals surface area (Å²) in [7, 11) is 0. The van der Waals surface area contributed by atoms with Gasteiger partial charge in [-0.1, -0.05) is 12.1 Å². The molecule has 2 aliphatic rings. The fourth-order valence-corrected chi connectivity index (χ4v) is 4.04. The average molecular weight is 349 g/mol. The molecule has 26 heavy (non-hydrogen) atoms. The lowest BCUT2D eigenvalue weighted by Gasteiger charge is -2.25. The number of benzene rings is 1. The number of hydrogen-bond acceptors (Lipinski definition) is 4. The summed E-state index contributed by atoms with van der Waals surface area (Å²) in [5, 5.41) is 0. The minimum absolute atomic E-state index is 0.0600. The number of aryl methyl sites for hydroxylation is 1. The molecule has 1 aromatic heterocycles. The van der Waals surface area contributed by atoms with Gasteiger partial charge in [-0.25, -0.2) is 0 Å². The zero-order chi connectivity index (χ0) is 18.1. The van der Waals surface area contributed by atoms with Gasteiger partial charge in [0.2, 0.25) is 0 Å². The highest BCUT2D eigenvalue weighted by molar-refractivity contribution is 6.05. The molecule has 0 spiro atoms. The van der Waals surface area contributed by atoms with E-state index in [1.807, 2.05) is 41.6 Å². The summed E-state index contributed by atoms with van der Waals surface area (Å²) in [5.74, 6) is 0.217. The molecule has 0 bridgehead atoms. The second-order valence-corrected chi connectivity index (χ2v) is 7.05. The molecule has 1 amide bonds. The molecule has 134 valence electrons. The number of carbonyl (C=O) groups is 2. The van der Waals surface area contributed by atoms with Crippen molar-refractivity contribution in [2.24, 2.45) is 0 Å². The molecule has 2 heterocycles. The van der Waals surface area contributed by atoms with Crippen LogP contribution in [0.2, 0.25) is 0 Å². The van der Waals surface area contributed by atoms with Crippen molar-refractivity contribution in [3.05, 3.63) is 58.9 Å². The summed E-state index contributed by atoms with van der Waals surface area (Å²) >= 11 is 0. The predicted octanol–water partition coefficient (Wildman–Crippen LogP) is 2.87. The molecular weight excluding hydrogens is 326 g/mol. The Bertz CT molecular complexity index is 862. The van der Waals surface area contributed by atoms with Gasteiger partial charge in [-0.05, 0) is 43.0 Å². The highest BCUT2D eigenvalue weighted by Gasteiger charge is 2.28. The summed E-state index contributed by atoms with van der Waals surface area (Å²) in [4.78, 5) is 33.5. The van der Waals surface area contributed by atoms with Crippen molar-refractivity contribution < 1.29 is 9.59 Å². The molecular formula is C21H23N3O2. The summed E-state index contributed by atoms with van der Waals surface area (Å²) in [6.07, 6.45) is 5.84. The summed E-state index contributed by atoms with van der Waals surface area (Å²) in [5.41, 5.74) is 4.74. The van der Waals surface area contributed by atoms with Gasteiger partial charge in [-0.3, -0.25) is 14.6 Å². The topological polar surface area (TPSA) is 53.5 Å². The van der Waals surface area contributed by atoms with Crippen LogP contribution in [0.3, 0.4) is 0 Å². The minimum Gasteiger partial charge on any atom is -0.369 e. The number of ketones is 1. The maximum atomic E-state index is 13.1. The first kappa shape index (κ1) is 16.8. The number of Topliss-reactive ketones (excluding diaryl/α,β-unsaturated/α-hetero) is 1. The Hall–Kier alpha value is -2.69. The van der Waals surface area contributed by atoms with Crippen molar-refractivity contribution in [1.29, 1.82) is 0 Å². The first-order valence-electron chi connectivity index (χ1n) is 9.25. The zero-order valence-corrected chi connectivity index (χ0v) is 15.1. The normalized spacial score (nSPS) is 17.2. The van der Waals surface area contributed by atoms with Crippen LogP contribution in [0.15, 0.2) is 36.7 Å². The Morgan fingerprint density at radius 1 is 1.08 bits per heavy atom. The first-order valence-corrected chi connectivity index (χ1v) is 9.25. The maximum Gasteiger partial charge on any atom is 0.254 e. The van der Waals surface area contributed by atoms with Crippen LogP contribution in [0.25, 0.3) is 0 Å². The summed E-state index contributed by atoms with van der Waals surface area (Å²) < 4.78 is 0. The molecule has 0 saturated carbocycles. The van der Waals surface area contributed by atoms with Crippen molar-refractivity contribution in [1.82, 2.24) is 9.88 Å². The van der Waals surface area contributed by atoms with Crippen LogP contribution in [-0.4, -0.2) is 47.8 Å². The third kappa shape index (κ3) is 2.98. The molecule has 4 rings (SSSR count). The minimum atomic E-state index is 0.0600. The van der Waals surface area contributed by atoms with Crippen molar-refractivity contribution in [2.45, 2.75) is 26.2 Å². The molecule has 1 aliphatic carbocycles. The predicted molar refractivity (Wildman–Crippen MR) is 101 cm³/mol. The Kier molecular flexibility index (Phi) is 4.45. The molecule has 2 aromatic rings. The molecule has 0 atom stereocenters. The van der Waals surface area contributed by atoms with Crippen LogP contribution in [0.1, 0.15) is 44.7 Å². The lowest BCUT2D eigenvalue weighted by molar-refractivity contribution is 0.0766. The van der Waals surface area contributed by atoms with Gasteiger partial charge in [0.15, 0.2) is 5.78 Å². The van der Waals surface area contributed by atoms with E-state index in [1.54, 1.807) is 0 Å². The number of rotatable bonds is 2. The van der Waals surface area contributed by atoms with Crippen molar-refractivity contribution >= 4 is 17.4 Å². The Balaban J connectivity index is 1.53. The van der Waals surface area contributed by atoms with Gasteiger partial charge in [0.05, 0.1) is 0 Å². The zero-order valence-electron chi connectivity index (χ0n) is 15.1. The van der Waals surface area contributed by atoms with Gasteiger partial charge in [0, 0.05) is 61.8 Å². The molecule has 5 heteroatoms. The van der Waals surface area contributed by atoms with E-state index in [4.69, 9.17) is 0 Å². The van der Waals surface area contributed by atoms with E-state index in [0.29, 0.717) is 24.9 Å². The second kappa shape index (κ2) is 6.90. The van der Waals surface area contributed by atoms with Crippen molar-refractivity contribution in [2.75, 3.05) is 31.1 Å². The number of aromatic nitrogens is 1. The van der Waals surface area contributed by atoms with Gasteiger partial charge >= 0.3 is 0 Å². The lowest BCUT2D eigenvalue weighted by Crippen LogP contribution is -2.35. The summed E-state index contributed by atoms with van der Waals surface area (Å²) in [6.45, 7) is 5.25. The molecule has 1 fully saturated rings. The van der Waals surface area contributed by atoms with Crippen molar-refractivity contribution in [3.8, 4) is 0 Å². The van der Waals surface area contributed by atoms with Crippen LogP contribution in [0.4, 0.5) is 5.69 Å². The fourth-order valence-electron chi connectivity index (χ4n) is 4.04. The Morgan fingerprint density at radius 2 is 1.96 bits per heavy atom. The van der Waals surface area contributed by atoms with E-state index in [2.05, 4.69) is 16.8 Å². The third-order valence-corrected chi connectivity index (χ3v) is 5.42. The SMILES string of the molecule is Cc1cnccc1N1CCCN(C(=O)c2cccc3c2CCC3=O)CC1. The average Bonchev–Trinajstić information content (AvgIpc) is 2.89. The first-order chi connectivity index (χ1) is 12.6. The van der Waals surface area contributed by atoms with E-state index in [-0.39, 0.29) is 11.7 Å². The molecule has 0 N–H and O–H groups in total. The Labute approximate surface area is 153 Å². The van der Waals surface area contributed by atoms with Crippen LogP contribution >= 0.6 is 0 Å². The van der Waals surface area contributed by atoms with Crippen LogP contribution in [0.5, 0.6) is 0 Å². The largest absolute Gasteiger partial charge is 0.369 e. The molecule has 0 radical (unpaired) electrons. The van der Waals surface area contributed by atoms with Crippen molar-refractivity contribution in [3.63, 3.8) is 0 Å². The smallest absolute Gasteiger partial charge is 0.254 e. The number of fused-ring (bicyclic) bond motifs is 1. The number of pyridine rings is 1. The standard InChI is InChI=1S/C21H23N3O2/c1-15-14-22-9-8-19(15)23-10-3-11-24(13-12-23)21(26)18-5-2-4-17-16(18)6-7-20(17)25/h2,4-5,8-9,14H,3,6-7,10-13H2,1H3. The Morgan fingerprint density at radius 3 is 2.81 bits per heavy atom. The van der Waals surface area contributed by atoms with Gasteiger partial charge < -0.3 is 9.80 Å². The van der Waals surface area contributed by atoms with E-state index < -0.39 is 0 Å². The van der Waals surface area contributed by atoms with E-state index in [9.17, 15) is 9.59 Å². The van der Waals surface area contributed by atoms with Gasteiger partial charge in [-0.2, -0.15) is 0 Å². The number of carbonyl (C=O) groups excluding carboxylic acids is 2. The quantitative estimate of drug-likeness (QED) is 0.837. The number of hydrogen-bond donors (Lipinski definition) is 0. The second-order valence-electron chi connectivity index (χ2n) is 7.05. The van der Waals surface area contributed by atoms with Crippen LogP contribution < -0.4 is 4.90 Å². The molecule has 1 aromatic carbocycles. The van der Waals surface area contributed by atoms with E-state index in [1.165, 1.54) is 5.69 Å². The van der Waals surface area contributed by atoms with Gasteiger partial charge in [0.1, 0.15) is 0 Å². The molecule has 1 aliphatic heterocycles. The number of anilines is 1. The molecule has 5 nitrogen and oxygen atoms in total. The highest BCUT2D eigenvalue weighted by Crippen LogP contribution is 2.27. The van der Waals surface area contributed by atoms with E-state index in [0.717, 1.165) is 42.7 Å². The van der Waals surface area contributed by atoms with Crippen LogP contribution in [-0.2, 0) is 6.42 Å². The molecule has 1 saturated heterocycles. The number of amides is 1. The molecule has 0 unspecified atom stereocenters. The van der Waals surface area contributed by atoms with Gasteiger partial charge in [0.25, 0.3) is 5.91 Å².